The van der Waals surface area contributed by atoms with Gasteiger partial charge in [0.1, 0.15) is 0 Å². The van der Waals surface area contributed by atoms with E-state index in [9.17, 15) is 4.79 Å². The highest BCUT2D eigenvalue weighted by atomic mass is 16.2. The average Bonchev–Trinajstić information content (AvgIpc) is 2.71. The van der Waals surface area contributed by atoms with Crippen molar-refractivity contribution < 1.29 is 4.79 Å². The van der Waals surface area contributed by atoms with E-state index >= 15 is 0 Å². The Morgan fingerprint density at radius 3 is 2.38 bits per heavy atom. The maximum absolute atomic E-state index is 12.2. The highest BCUT2D eigenvalue weighted by Gasteiger charge is 2.28. The number of hydrogen-bond acceptors (Lipinski definition) is 2. The minimum atomic E-state index is -0.305. The number of nitrogens with zero attached hydrogens (tertiary/aromatic N) is 1. The standard InChI is InChI=1S/C13H26N2O/c1-4-15(11-7-5-6-8-11)13(16)12(14)9-10(2)3/h10-12H,4-9,14H2,1-3H3/t12-/m0/s1. The van der Waals surface area contributed by atoms with E-state index in [-0.39, 0.29) is 11.9 Å². The molecule has 1 fully saturated rings. The molecule has 0 aromatic heterocycles. The van der Waals surface area contributed by atoms with E-state index < -0.39 is 0 Å². The molecule has 94 valence electrons. The zero-order chi connectivity index (χ0) is 12.1. The molecule has 2 N–H and O–H groups in total. The first kappa shape index (κ1) is 13.5. The molecule has 3 nitrogen and oxygen atoms in total. The van der Waals surface area contributed by atoms with E-state index in [2.05, 4.69) is 20.8 Å². The Morgan fingerprint density at radius 1 is 1.38 bits per heavy atom. The number of carbonyl (C=O) groups excluding carboxylic acids is 1. The van der Waals surface area contributed by atoms with Crippen LogP contribution in [0.2, 0.25) is 0 Å². The highest BCUT2D eigenvalue weighted by molar-refractivity contribution is 5.82. The van der Waals surface area contributed by atoms with Crippen molar-refractivity contribution in [3.8, 4) is 0 Å². The maximum Gasteiger partial charge on any atom is 0.239 e. The molecule has 0 aliphatic heterocycles. The van der Waals surface area contributed by atoms with Gasteiger partial charge in [0.2, 0.25) is 5.91 Å². The predicted molar refractivity (Wildman–Crippen MR) is 67.1 cm³/mol. The molecule has 0 heterocycles. The van der Waals surface area contributed by atoms with Gasteiger partial charge >= 0.3 is 0 Å². The lowest BCUT2D eigenvalue weighted by atomic mass is 10.0. The Hall–Kier alpha value is -0.570. The summed E-state index contributed by atoms with van der Waals surface area (Å²) in [5.41, 5.74) is 5.97. The smallest absolute Gasteiger partial charge is 0.239 e. The highest BCUT2D eigenvalue weighted by Crippen LogP contribution is 2.24. The van der Waals surface area contributed by atoms with Crippen molar-refractivity contribution in [3.05, 3.63) is 0 Å². The van der Waals surface area contributed by atoms with Crippen molar-refractivity contribution in [3.63, 3.8) is 0 Å². The van der Waals surface area contributed by atoms with Gasteiger partial charge in [-0.15, -0.1) is 0 Å². The largest absolute Gasteiger partial charge is 0.339 e. The molecule has 0 spiro atoms. The third kappa shape index (κ3) is 3.48. The van der Waals surface area contributed by atoms with Gasteiger partial charge in [0.25, 0.3) is 0 Å². The fourth-order valence-electron chi connectivity index (χ4n) is 2.63. The Labute approximate surface area is 99.4 Å². The van der Waals surface area contributed by atoms with Gasteiger partial charge in [0.15, 0.2) is 0 Å². The van der Waals surface area contributed by atoms with Crippen molar-refractivity contribution in [1.82, 2.24) is 4.90 Å². The second kappa shape index (κ2) is 6.24. The van der Waals surface area contributed by atoms with Gasteiger partial charge in [-0.2, -0.15) is 0 Å². The summed E-state index contributed by atoms with van der Waals surface area (Å²) in [6, 6.07) is 0.149. The second-order valence-corrected chi connectivity index (χ2v) is 5.30. The van der Waals surface area contributed by atoms with Crippen LogP contribution >= 0.6 is 0 Å². The zero-order valence-electron chi connectivity index (χ0n) is 10.9. The number of amides is 1. The maximum atomic E-state index is 12.2. The van der Waals surface area contributed by atoms with E-state index in [1.807, 2.05) is 4.90 Å². The van der Waals surface area contributed by atoms with Gasteiger partial charge in [-0.05, 0) is 32.1 Å². The van der Waals surface area contributed by atoms with E-state index in [0.29, 0.717) is 12.0 Å². The van der Waals surface area contributed by atoms with Crippen molar-refractivity contribution in [2.45, 2.75) is 65.0 Å². The quantitative estimate of drug-likeness (QED) is 0.780. The lowest BCUT2D eigenvalue weighted by molar-refractivity contribution is -0.135. The lowest BCUT2D eigenvalue weighted by Gasteiger charge is -2.30. The Morgan fingerprint density at radius 2 is 1.94 bits per heavy atom. The summed E-state index contributed by atoms with van der Waals surface area (Å²) in [7, 11) is 0. The van der Waals surface area contributed by atoms with Crippen molar-refractivity contribution in [1.29, 1.82) is 0 Å². The first-order chi connectivity index (χ1) is 7.56. The first-order valence-electron chi connectivity index (χ1n) is 6.62. The molecule has 1 rings (SSSR count). The van der Waals surface area contributed by atoms with Gasteiger partial charge in [0, 0.05) is 12.6 Å². The van der Waals surface area contributed by atoms with Gasteiger partial charge in [-0.3, -0.25) is 4.79 Å². The number of likely N-dealkylation sites (N-methyl/N-ethyl adjacent to an activating group) is 1. The lowest BCUT2D eigenvalue weighted by Crippen LogP contribution is -2.48. The molecule has 0 bridgehead atoms. The summed E-state index contributed by atoms with van der Waals surface area (Å²) < 4.78 is 0. The first-order valence-corrected chi connectivity index (χ1v) is 6.62. The topological polar surface area (TPSA) is 46.3 Å². The number of carbonyl (C=O) groups is 1. The minimum Gasteiger partial charge on any atom is -0.339 e. The normalized spacial score (nSPS) is 19.1. The molecule has 0 unspecified atom stereocenters. The summed E-state index contributed by atoms with van der Waals surface area (Å²) >= 11 is 0. The van der Waals surface area contributed by atoms with Gasteiger partial charge in [-0.25, -0.2) is 0 Å². The van der Waals surface area contributed by atoms with Crippen LogP contribution in [0.15, 0.2) is 0 Å². The van der Waals surface area contributed by atoms with Crippen LogP contribution in [0.5, 0.6) is 0 Å². The van der Waals surface area contributed by atoms with E-state index in [1.54, 1.807) is 0 Å². The predicted octanol–water partition coefficient (Wildman–Crippen LogP) is 2.15. The number of hydrogen-bond donors (Lipinski definition) is 1. The van der Waals surface area contributed by atoms with E-state index in [0.717, 1.165) is 25.8 Å². The summed E-state index contributed by atoms with van der Waals surface area (Å²) in [5.74, 6) is 0.643. The van der Waals surface area contributed by atoms with Crippen molar-refractivity contribution in [2.75, 3.05) is 6.54 Å². The van der Waals surface area contributed by atoms with Crippen molar-refractivity contribution >= 4 is 5.91 Å². The summed E-state index contributed by atoms with van der Waals surface area (Å²) in [6.07, 6.45) is 5.63. The zero-order valence-corrected chi connectivity index (χ0v) is 10.9. The fraction of sp³-hybridized carbons (Fsp3) is 0.923. The van der Waals surface area contributed by atoms with Crippen molar-refractivity contribution in [2.24, 2.45) is 11.7 Å². The van der Waals surface area contributed by atoms with Crippen LogP contribution < -0.4 is 5.73 Å². The third-order valence-corrected chi connectivity index (χ3v) is 3.43. The van der Waals surface area contributed by atoms with Crippen LogP contribution in [-0.2, 0) is 4.79 Å². The summed E-state index contributed by atoms with van der Waals surface area (Å²) in [4.78, 5) is 14.2. The summed E-state index contributed by atoms with van der Waals surface area (Å²) in [5, 5.41) is 0. The number of rotatable bonds is 5. The van der Waals surface area contributed by atoms with E-state index in [1.165, 1.54) is 12.8 Å². The Balaban J connectivity index is 2.54. The molecule has 0 aromatic carbocycles. The Kier molecular flexibility index (Phi) is 5.26. The van der Waals surface area contributed by atoms with Gasteiger partial charge in [0.05, 0.1) is 6.04 Å². The molecule has 3 heteroatoms. The molecule has 1 saturated carbocycles. The molecule has 1 amide bonds. The van der Waals surface area contributed by atoms with Gasteiger partial charge < -0.3 is 10.6 Å². The third-order valence-electron chi connectivity index (χ3n) is 3.43. The number of nitrogens with two attached hydrogens (primary N) is 1. The van der Waals surface area contributed by atoms with E-state index in [4.69, 9.17) is 5.73 Å². The average molecular weight is 226 g/mol. The van der Waals surface area contributed by atoms with Crippen LogP contribution in [-0.4, -0.2) is 29.4 Å². The molecule has 1 aliphatic rings. The fourth-order valence-corrected chi connectivity index (χ4v) is 2.63. The van der Waals surface area contributed by atoms with Crippen LogP contribution in [0.25, 0.3) is 0 Å². The monoisotopic (exact) mass is 226 g/mol. The van der Waals surface area contributed by atoms with Crippen LogP contribution in [0, 0.1) is 5.92 Å². The van der Waals surface area contributed by atoms with Crippen LogP contribution in [0.4, 0.5) is 0 Å². The SMILES string of the molecule is CCN(C(=O)[C@@H](N)CC(C)C)C1CCCC1. The molecule has 0 radical (unpaired) electrons. The molecule has 0 saturated heterocycles. The molecule has 1 atom stereocenters. The second-order valence-electron chi connectivity index (χ2n) is 5.30. The van der Waals surface area contributed by atoms with Crippen LogP contribution in [0.1, 0.15) is 52.9 Å². The minimum absolute atomic E-state index is 0.156. The summed E-state index contributed by atoms with van der Waals surface area (Å²) in [6.45, 7) is 7.07. The van der Waals surface area contributed by atoms with Crippen LogP contribution in [0.3, 0.4) is 0 Å². The molecule has 16 heavy (non-hydrogen) atoms. The molecule has 1 aliphatic carbocycles. The molecular formula is C13H26N2O. The van der Waals surface area contributed by atoms with Gasteiger partial charge in [-0.1, -0.05) is 26.7 Å². The Bertz CT molecular complexity index is 222. The molecule has 0 aromatic rings. The molecular weight excluding hydrogens is 200 g/mol.